The molecule has 0 aromatic carbocycles. The average molecular weight is 342 g/mol. The van der Waals surface area contributed by atoms with Gasteiger partial charge in [-0.3, -0.25) is 10.00 Å². The highest BCUT2D eigenvalue weighted by Gasteiger charge is 2.18. The lowest BCUT2D eigenvalue weighted by molar-refractivity contribution is 0.0347. The third-order valence-electron chi connectivity index (χ3n) is 3.84. The number of hydrogen-bond acceptors (Lipinski definition) is 7. The van der Waals surface area contributed by atoms with Gasteiger partial charge in [-0.25, -0.2) is 9.97 Å². The Morgan fingerprint density at radius 2 is 2.21 bits per heavy atom. The van der Waals surface area contributed by atoms with Crippen LogP contribution in [0.25, 0.3) is 11.3 Å². The van der Waals surface area contributed by atoms with Crippen LogP contribution >= 0.6 is 11.3 Å². The van der Waals surface area contributed by atoms with Gasteiger partial charge in [-0.05, 0) is 12.1 Å². The summed E-state index contributed by atoms with van der Waals surface area (Å²) < 4.78 is 5.43. The van der Waals surface area contributed by atoms with Gasteiger partial charge in [0.15, 0.2) is 5.13 Å². The summed E-state index contributed by atoms with van der Waals surface area (Å²) in [7, 11) is 0. The van der Waals surface area contributed by atoms with Gasteiger partial charge in [-0.15, -0.1) is 0 Å². The van der Waals surface area contributed by atoms with Crippen LogP contribution in [-0.4, -0.2) is 51.4 Å². The maximum Gasteiger partial charge on any atom is 0.189 e. The van der Waals surface area contributed by atoms with Crippen molar-refractivity contribution in [2.24, 2.45) is 0 Å². The molecule has 24 heavy (non-hydrogen) atoms. The fourth-order valence-electron chi connectivity index (χ4n) is 2.63. The van der Waals surface area contributed by atoms with Gasteiger partial charge in [-0.1, -0.05) is 17.4 Å². The molecular weight excluding hydrogens is 324 g/mol. The predicted molar refractivity (Wildman–Crippen MR) is 93.3 cm³/mol. The van der Waals surface area contributed by atoms with E-state index in [4.69, 9.17) is 9.72 Å². The van der Waals surface area contributed by atoms with Gasteiger partial charge in [-0.2, -0.15) is 5.10 Å². The van der Waals surface area contributed by atoms with Crippen LogP contribution in [0.5, 0.6) is 0 Å². The number of nitrogens with one attached hydrogen (secondary N) is 2. The SMILES string of the molecule is c1ccc(Nc2nc(-c3cn[nH]c3)c(CN3CCOCC3)s2)nc1. The van der Waals surface area contributed by atoms with Gasteiger partial charge in [0.2, 0.25) is 0 Å². The second-order valence-electron chi connectivity index (χ2n) is 5.51. The number of pyridine rings is 1. The fourth-order valence-corrected chi connectivity index (χ4v) is 3.66. The van der Waals surface area contributed by atoms with Crippen LogP contribution in [0.15, 0.2) is 36.8 Å². The van der Waals surface area contributed by atoms with E-state index < -0.39 is 0 Å². The summed E-state index contributed by atoms with van der Waals surface area (Å²) in [4.78, 5) is 12.7. The highest BCUT2D eigenvalue weighted by atomic mass is 32.1. The molecule has 124 valence electrons. The molecule has 3 aromatic rings. The van der Waals surface area contributed by atoms with Crippen LogP contribution in [0, 0.1) is 0 Å². The Bertz CT molecular complexity index is 767. The normalized spacial score (nSPS) is 15.5. The number of thiazole rings is 1. The van der Waals surface area contributed by atoms with Crippen molar-refractivity contribution in [1.82, 2.24) is 25.1 Å². The summed E-state index contributed by atoms with van der Waals surface area (Å²) in [5, 5.41) is 11.0. The molecule has 4 heterocycles. The van der Waals surface area contributed by atoms with E-state index in [0.29, 0.717) is 0 Å². The number of aromatic amines is 1. The first-order valence-electron chi connectivity index (χ1n) is 7.85. The number of H-pyrrole nitrogens is 1. The van der Waals surface area contributed by atoms with Crippen LogP contribution < -0.4 is 5.32 Å². The molecule has 1 saturated heterocycles. The smallest absolute Gasteiger partial charge is 0.189 e. The minimum atomic E-state index is 0.791. The van der Waals surface area contributed by atoms with E-state index in [1.165, 1.54) is 4.88 Å². The lowest BCUT2D eigenvalue weighted by Gasteiger charge is -2.26. The van der Waals surface area contributed by atoms with E-state index in [-0.39, 0.29) is 0 Å². The number of anilines is 2. The maximum absolute atomic E-state index is 5.43. The topological polar surface area (TPSA) is 79.0 Å². The molecule has 1 aliphatic heterocycles. The van der Waals surface area contributed by atoms with Gasteiger partial charge in [0, 0.05) is 42.5 Å². The van der Waals surface area contributed by atoms with Crippen LogP contribution in [0.1, 0.15) is 4.88 Å². The summed E-state index contributed by atoms with van der Waals surface area (Å²) in [5.74, 6) is 0.794. The predicted octanol–water partition coefficient (Wildman–Crippen LogP) is 2.50. The summed E-state index contributed by atoms with van der Waals surface area (Å²) >= 11 is 1.66. The lowest BCUT2D eigenvalue weighted by Crippen LogP contribution is -2.35. The first-order chi connectivity index (χ1) is 11.9. The van der Waals surface area contributed by atoms with Gasteiger partial charge in [0.05, 0.1) is 25.1 Å². The minimum Gasteiger partial charge on any atom is -0.379 e. The number of nitrogens with zero attached hydrogens (tertiary/aromatic N) is 4. The van der Waals surface area contributed by atoms with Gasteiger partial charge < -0.3 is 10.1 Å². The second-order valence-corrected chi connectivity index (χ2v) is 6.59. The molecule has 0 spiro atoms. The maximum atomic E-state index is 5.43. The average Bonchev–Trinajstić information content (AvgIpc) is 3.27. The van der Waals surface area contributed by atoms with E-state index >= 15 is 0 Å². The van der Waals surface area contributed by atoms with Crippen molar-refractivity contribution in [3.63, 3.8) is 0 Å². The molecule has 0 saturated carbocycles. The minimum absolute atomic E-state index is 0.791. The Hall–Kier alpha value is -2.29. The Morgan fingerprint density at radius 1 is 1.29 bits per heavy atom. The molecule has 7 nitrogen and oxygen atoms in total. The third kappa shape index (κ3) is 3.45. The van der Waals surface area contributed by atoms with Crippen molar-refractivity contribution in [3.8, 4) is 11.3 Å². The summed E-state index contributed by atoms with van der Waals surface area (Å²) in [6.45, 7) is 4.35. The number of hydrogen-bond donors (Lipinski definition) is 2. The first-order valence-corrected chi connectivity index (χ1v) is 8.67. The fraction of sp³-hybridized carbons (Fsp3) is 0.312. The van der Waals surface area contributed by atoms with Gasteiger partial charge in [0.25, 0.3) is 0 Å². The Labute approximate surface area is 143 Å². The summed E-state index contributed by atoms with van der Waals surface area (Å²) in [6, 6.07) is 5.78. The Morgan fingerprint density at radius 3 is 2.96 bits per heavy atom. The zero-order valence-electron chi connectivity index (χ0n) is 13.1. The summed E-state index contributed by atoms with van der Waals surface area (Å²) in [6.07, 6.45) is 5.45. The number of ether oxygens (including phenoxy) is 1. The zero-order valence-corrected chi connectivity index (χ0v) is 13.9. The van der Waals surface area contributed by atoms with Crippen molar-refractivity contribution in [1.29, 1.82) is 0 Å². The molecule has 0 atom stereocenters. The van der Waals surface area contributed by atoms with E-state index in [0.717, 1.165) is 55.1 Å². The van der Waals surface area contributed by atoms with Crippen LogP contribution in [0.3, 0.4) is 0 Å². The molecule has 0 radical (unpaired) electrons. The van der Waals surface area contributed by atoms with Gasteiger partial charge >= 0.3 is 0 Å². The van der Waals surface area contributed by atoms with E-state index in [1.54, 1.807) is 17.5 Å². The molecule has 1 aliphatic rings. The van der Waals surface area contributed by atoms with Crippen LogP contribution in [0.4, 0.5) is 10.9 Å². The number of aromatic nitrogens is 4. The third-order valence-corrected chi connectivity index (χ3v) is 4.80. The van der Waals surface area contributed by atoms with Crippen molar-refractivity contribution in [2.45, 2.75) is 6.54 Å². The zero-order chi connectivity index (χ0) is 16.2. The molecule has 0 aliphatic carbocycles. The number of morpholine rings is 1. The van der Waals surface area contributed by atoms with E-state index in [2.05, 4.69) is 25.4 Å². The first kappa shape index (κ1) is 15.3. The highest BCUT2D eigenvalue weighted by Crippen LogP contribution is 2.33. The molecular formula is C16H18N6OS. The molecule has 0 bridgehead atoms. The Balaban J connectivity index is 1.60. The van der Waals surface area contributed by atoms with Crippen molar-refractivity contribution >= 4 is 22.3 Å². The van der Waals surface area contributed by atoms with Crippen molar-refractivity contribution < 1.29 is 4.74 Å². The number of rotatable bonds is 5. The summed E-state index contributed by atoms with van der Waals surface area (Å²) in [5.41, 5.74) is 1.97. The monoisotopic (exact) mass is 342 g/mol. The van der Waals surface area contributed by atoms with E-state index in [1.807, 2.05) is 30.6 Å². The van der Waals surface area contributed by atoms with Crippen LogP contribution in [-0.2, 0) is 11.3 Å². The van der Waals surface area contributed by atoms with Crippen LogP contribution in [0.2, 0.25) is 0 Å². The largest absolute Gasteiger partial charge is 0.379 e. The lowest BCUT2D eigenvalue weighted by atomic mass is 10.2. The molecule has 1 fully saturated rings. The molecule has 3 aromatic heterocycles. The highest BCUT2D eigenvalue weighted by molar-refractivity contribution is 7.16. The van der Waals surface area contributed by atoms with Crippen molar-refractivity contribution in [2.75, 3.05) is 31.6 Å². The van der Waals surface area contributed by atoms with Gasteiger partial charge in [0.1, 0.15) is 5.82 Å². The molecule has 2 N–H and O–H groups in total. The van der Waals surface area contributed by atoms with E-state index in [9.17, 15) is 0 Å². The molecule has 8 heteroatoms. The molecule has 0 unspecified atom stereocenters. The quantitative estimate of drug-likeness (QED) is 0.742. The second kappa shape index (κ2) is 7.08. The standard InChI is InChI=1S/C16H18N6OS/c1-2-4-17-14(3-1)20-16-21-15(12-9-18-19-10-12)13(24-16)11-22-5-7-23-8-6-22/h1-4,9-10H,5-8,11H2,(H,18,19)(H,17,20,21). The molecule has 4 rings (SSSR count). The Kier molecular flexibility index (Phi) is 4.50. The molecule has 0 amide bonds. The van der Waals surface area contributed by atoms with Crippen molar-refractivity contribution in [3.05, 3.63) is 41.7 Å².